The van der Waals surface area contributed by atoms with Crippen LogP contribution in [0.4, 0.5) is 4.39 Å². The maximum Gasteiger partial charge on any atom is 0.123 e. The molecule has 0 amide bonds. The van der Waals surface area contributed by atoms with Crippen LogP contribution in [0.2, 0.25) is 0 Å². The number of benzene rings is 1. The highest BCUT2D eigenvalue weighted by Crippen LogP contribution is 2.06. The van der Waals surface area contributed by atoms with Gasteiger partial charge in [0.15, 0.2) is 0 Å². The third kappa shape index (κ3) is 4.44. The van der Waals surface area contributed by atoms with Crippen LogP contribution in [0.25, 0.3) is 0 Å². The van der Waals surface area contributed by atoms with Gasteiger partial charge in [-0.25, -0.2) is 4.39 Å². The third-order valence-corrected chi connectivity index (χ3v) is 3.33. The van der Waals surface area contributed by atoms with E-state index in [-0.39, 0.29) is 5.82 Å². The second kappa shape index (κ2) is 6.72. The zero-order valence-electron chi connectivity index (χ0n) is 10.2. The van der Waals surface area contributed by atoms with Crippen molar-refractivity contribution in [3.63, 3.8) is 0 Å². The minimum atomic E-state index is -0.151. The zero-order valence-corrected chi connectivity index (χ0v) is 10.2. The molecule has 0 aliphatic carbocycles. The Kier molecular flexibility index (Phi) is 4.95. The van der Waals surface area contributed by atoms with Gasteiger partial charge in [0.05, 0.1) is 0 Å². The second-order valence-electron chi connectivity index (χ2n) is 4.71. The van der Waals surface area contributed by atoms with E-state index in [1.54, 1.807) is 0 Å². The van der Waals surface area contributed by atoms with Gasteiger partial charge < -0.3 is 10.6 Å². The number of halogens is 1. The van der Waals surface area contributed by atoms with Crippen LogP contribution in [0, 0.1) is 5.82 Å². The van der Waals surface area contributed by atoms with Crippen molar-refractivity contribution in [2.75, 3.05) is 19.6 Å². The number of hydrogen-bond donors (Lipinski definition) is 2. The van der Waals surface area contributed by atoms with Crippen molar-refractivity contribution in [3.05, 3.63) is 35.6 Å². The molecule has 0 bridgehead atoms. The summed E-state index contributed by atoms with van der Waals surface area (Å²) in [5.74, 6) is -0.151. The van der Waals surface area contributed by atoms with Crippen LogP contribution in [0.15, 0.2) is 24.3 Å². The van der Waals surface area contributed by atoms with Gasteiger partial charge in [-0.2, -0.15) is 0 Å². The van der Waals surface area contributed by atoms with Crippen LogP contribution >= 0.6 is 0 Å². The molecule has 0 radical (unpaired) electrons. The summed E-state index contributed by atoms with van der Waals surface area (Å²) in [5, 5.41) is 6.95. The van der Waals surface area contributed by atoms with E-state index in [0.717, 1.165) is 32.5 Å². The summed E-state index contributed by atoms with van der Waals surface area (Å²) in [6.07, 6.45) is 4.61. The topological polar surface area (TPSA) is 24.1 Å². The minimum absolute atomic E-state index is 0.151. The largest absolute Gasteiger partial charge is 0.317 e. The summed E-state index contributed by atoms with van der Waals surface area (Å²) in [6, 6.07) is 7.51. The van der Waals surface area contributed by atoms with Crippen molar-refractivity contribution in [1.29, 1.82) is 0 Å². The number of nitrogens with one attached hydrogen (secondary N) is 2. The molecule has 0 atom stereocenters. The van der Waals surface area contributed by atoms with E-state index in [1.165, 1.54) is 30.5 Å². The van der Waals surface area contributed by atoms with Gasteiger partial charge in [-0.3, -0.25) is 0 Å². The predicted octanol–water partition coefficient (Wildman–Crippen LogP) is 2.10. The van der Waals surface area contributed by atoms with Crippen LogP contribution < -0.4 is 10.6 Å². The first-order valence-electron chi connectivity index (χ1n) is 6.53. The Morgan fingerprint density at radius 3 is 2.59 bits per heavy atom. The van der Waals surface area contributed by atoms with Gasteiger partial charge in [-0.1, -0.05) is 12.1 Å². The normalized spacial score (nSPS) is 17.2. The first kappa shape index (κ1) is 12.5. The quantitative estimate of drug-likeness (QED) is 0.765. The summed E-state index contributed by atoms with van der Waals surface area (Å²) in [4.78, 5) is 0. The first-order valence-corrected chi connectivity index (χ1v) is 6.53. The molecule has 1 aromatic carbocycles. The highest BCUT2D eigenvalue weighted by atomic mass is 19.1. The lowest BCUT2D eigenvalue weighted by Gasteiger charge is -2.23. The molecule has 1 heterocycles. The van der Waals surface area contributed by atoms with Crippen LogP contribution in [0.5, 0.6) is 0 Å². The molecule has 3 heteroatoms. The minimum Gasteiger partial charge on any atom is -0.317 e. The fourth-order valence-electron chi connectivity index (χ4n) is 2.28. The SMILES string of the molecule is Fc1ccc(CCCNC2CCNCC2)cc1. The molecule has 0 saturated carbocycles. The Labute approximate surface area is 103 Å². The Hall–Kier alpha value is -0.930. The number of aryl methyl sites for hydroxylation is 1. The van der Waals surface area contributed by atoms with Crippen molar-refractivity contribution in [1.82, 2.24) is 10.6 Å². The first-order chi connectivity index (χ1) is 8.34. The number of rotatable bonds is 5. The van der Waals surface area contributed by atoms with Gasteiger partial charge in [-0.05, 0) is 63.0 Å². The molecule has 1 aromatic rings. The fourth-order valence-corrected chi connectivity index (χ4v) is 2.28. The standard InChI is InChI=1S/C14H21FN2/c15-13-5-3-12(4-6-13)2-1-9-17-14-7-10-16-11-8-14/h3-6,14,16-17H,1-2,7-11H2. The van der Waals surface area contributed by atoms with E-state index in [1.807, 2.05) is 12.1 Å². The van der Waals surface area contributed by atoms with E-state index >= 15 is 0 Å². The number of piperidine rings is 1. The zero-order chi connectivity index (χ0) is 11.9. The molecule has 94 valence electrons. The molecular formula is C14H21FN2. The predicted molar refractivity (Wildman–Crippen MR) is 68.6 cm³/mol. The Balaban J connectivity index is 1.60. The molecule has 1 saturated heterocycles. The molecule has 0 unspecified atom stereocenters. The summed E-state index contributed by atoms with van der Waals surface area (Å²) in [5.41, 5.74) is 1.22. The van der Waals surface area contributed by atoms with Crippen molar-refractivity contribution in [2.24, 2.45) is 0 Å². The molecule has 17 heavy (non-hydrogen) atoms. The van der Waals surface area contributed by atoms with Crippen LogP contribution in [0.3, 0.4) is 0 Å². The fraction of sp³-hybridized carbons (Fsp3) is 0.571. The lowest BCUT2D eigenvalue weighted by Crippen LogP contribution is -2.40. The highest BCUT2D eigenvalue weighted by molar-refractivity contribution is 5.15. The lowest BCUT2D eigenvalue weighted by atomic mass is 10.1. The molecule has 2 N–H and O–H groups in total. The van der Waals surface area contributed by atoms with E-state index in [2.05, 4.69) is 10.6 Å². The van der Waals surface area contributed by atoms with E-state index in [0.29, 0.717) is 6.04 Å². The molecular weight excluding hydrogens is 215 g/mol. The van der Waals surface area contributed by atoms with Gasteiger partial charge in [0.1, 0.15) is 5.82 Å². The Morgan fingerprint density at radius 1 is 1.18 bits per heavy atom. The molecule has 1 fully saturated rings. The molecule has 0 aromatic heterocycles. The van der Waals surface area contributed by atoms with E-state index < -0.39 is 0 Å². The third-order valence-electron chi connectivity index (χ3n) is 3.33. The summed E-state index contributed by atoms with van der Waals surface area (Å²) < 4.78 is 12.7. The van der Waals surface area contributed by atoms with Gasteiger partial charge in [-0.15, -0.1) is 0 Å². The maximum atomic E-state index is 12.7. The van der Waals surface area contributed by atoms with E-state index in [9.17, 15) is 4.39 Å². The summed E-state index contributed by atoms with van der Waals surface area (Å²) in [6.45, 7) is 3.33. The second-order valence-corrected chi connectivity index (χ2v) is 4.71. The van der Waals surface area contributed by atoms with Gasteiger partial charge in [0, 0.05) is 6.04 Å². The van der Waals surface area contributed by atoms with Crippen LogP contribution in [0.1, 0.15) is 24.8 Å². The molecule has 2 rings (SSSR count). The Morgan fingerprint density at radius 2 is 1.88 bits per heavy atom. The van der Waals surface area contributed by atoms with E-state index in [4.69, 9.17) is 0 Å². The average Bonchev–Trinajstić information content (AvgIpc) is 2.38. The molecule has 2 nitrogen and oxygen atoms in total. The highest BCUT2D eigenvalue weighted by Gasteiger charge is 2.10. The molecule has 1 aliphatic rings. The summed E-state index contributed by atoms with van der Waals surface area (Å²) >= 11 is 0. The maximum absolute atomic E-state index is 12.7. The molecule has 1 aliphatic heterocycles. The Bertz CT molecular complexity index is 317. The lowest BCUT2D eigenvalue weighted by molar-refractivity contribution is 0.386. The van der Waals surface area contributed by atoms with Gasteiger partial charge >= 0.3 is 0 Å². The van der Waals surface area contributed by atoms with Crippen LogP contribution in [-0.2, 0) is 6.42 Å². The average molecular weight is 236 g/mol. The molecule has 0 spiro atoms. The van der Waals surface area contributed by atoms with Crippen molar-refractivity contribution in [3.8, 4) is 0 Å². The van der Waals surface area contributed by atoms with Crippen LogP contribution in [-0.4, -0.2) is 25.7 Å². The summed E-state index contributed by atoms with van der Waals surface area (Å²) in [7, 11) is 0. The van der Waals surface area contributed by atoms with Crippen molar-refractivity contribution >= 4 is 0 Å². The smallest absolute Gasteiger partial charge is 0.123 e. The monoisotopic (exact) mass is 236 g/mol. The van der Waals surface area contributed by atoms with Crippen molar-refractivity contribution < 1.29 is 4.39 Å². The van der Waals surface area contributed by atoms with Gasteiger partial charge in [0.25, 0.3) is 0 Å². The van der Waals surface area contributed by atoms with Crippen molar-refractivity contribution in [2.45, 2.75) is 31.7 Å². The van der Waals surface area contributed by atoms with Gasteiger partial charge in [0.2, 0.25) is 0 Å². The number of hydrogen-bond acceptors (Lipinski definition) is 2.